The molecule has 0 N–H and O–H groups in total. The van der Waals surface area contributed by atoms with Crippen molar-refractivity contribution < 1.29 is 14.3 Å². The van der Waals surface area contributed by atoms with Gasteiger partial charge in [-0.3, -0.25) is 9.69 Å². The summed E-state index contributed by atoms with van der Waals surface area (Å²) in [4.78, 5) is 13.3. The zero-order chi connectivity index (χ0) is 9.84. The lowest BCUT2D eigenvalue weighted by Crippen LogP contribution is -2.42. The number of likely N-dealkylation sites (N-methyl/N-ethyl adjacent to an activating group) is 1. The van der Waals surface area contributed by atoms with Gasteiger partial charge in [0.15, 0.2) is 0 Å². The summed E-state index contributed by atoms with van der Waals surface area (Å²) in [5, 5.41) is 0. The van der Waals surface area contributed by atoms with Crippen molar-refractivity contribution in [3.63, 3.8) is 0 Å². The van der Waals surface area contributed by atoms with E-state index in [0.717, 1.165) is 6.54 Å². The van der Waals surface area contributed by atoms with Gasteiger partial charge in [0.25, 0.3) is 0 Å². The molecule has 1 heterocycles. The first-order chi connectivity index (χ1) is 6.09. The van der Waals surface area contributed by atoms with Gasteiger partial charge in [-0.25, -0.2) is 0 Å². The molecule has 0 spiro atoms. The number of esters is 1. The monoisotopic (exact) mass is 187 g/mol. The molecule has 0 saturated carbocycles. The molecule has 4 heteroatoms. The van der Waals surface area contributed by atoms with Crippen LogP contribution in [0.4, 0.5) is 0 Å². The van der Waals surface area contributed by atoms with Crippen molar-refractivity contribution in [1.82, 2.24) is 4.90 Å². The predicted octanol–water partition coefficient (Wildman–Crippen LogP) is 0.474. The normalized spacial score (nSPS) is 24.8. The van der Waals surface area contributed by atoms with E-state index in [1.165, 1.54) is 0 Å². The van der Waals surface area contributed by atoms with Crippen LogP contribution in [-0.4, -0.2) is 43.9 Å². The van der Waals surface area contributed by atoms with E-state index in [-0.39, 0.29) is 18.2 Å². The predicted molar refractivity (Wildman–Crippen MR) is 48.2 cm³/mol. The number of carbonyl (C=O) groups is 1. The lowest BCUT2D eigenvalue weighted by Gasteiger charge is -2.29. The van der Waals surface area contributed by atoms with Gasteiger partial charge in [-0.1, -0.05) is 13.8 Å². The molecule has 1 atom stereocenters. The van der Waals surface area contributed by atoms with Crippen molar-refractivity contribution in [1.29, 1.82) is 0 Å². The van der Waals surface area contributed by atoms with Crippen LogP contribution in [0.25, 0.3) is 0 Å². The second kappa shape index (κ2) is 4.58. The topological polar surface area (TPSA) is 38.8 Å². The Morgan fingerprint density at radius 1 is 1.62 bits per heavy atom. The first kappa shape index (κ1) is 10.5. The molecule has 1 rings (SSSR count). The summed E-state index contributed by atoms with van der Waals surface area (Å²) in [6.07, 6.45) is -0.381. The SMILES string of the molecule is CC(C)C(=O)OC1CN(C)CCO1. The largest absolute Gasteiger partial charge is 0.434 e. The molecular formula is C9H17NO3. The molecular weight excluding hydrogens is 170 g/mol. The van der Waals surface area contributed by atoms with E-state index in [9.17, 15) is 4.79 Å². The number of hydrogen-bond acceptors (Lipinski definition) is 4. The average Bonchev–Trinajstić information content (AvgIpc) is 2.04. The van der Waals surface area contributed by atoms with E-state index in [1.807, 2.05) is 20.9 Å². The van der Waals surface area contributed by atoms with Crippen LogP contribution in [0.2, 0.25) is 0 Å². The third kappa shape index (κ3) is 3.32. The van der Waals surface area contributed by atoms with Gasteiger partial charge < -0.3 is 9.47 Å². The summed E-state index contributed by atoms with van der Waals surface area (Å²) >= 11 is 0. The molecule has 0 amide bonds. The second-order valence-electron chi connectivity index (χ2n) is 3.65. The Morgan fingerprint density at radius 2 is 2.31 bits per heavy atom. The number of hydrogen-bond donors (Lipinski definition) is 0. The first-order valence-electron chi connectivity index (χ1n) is 4.60. The summed E-state index contributed by atoms with van der Waals surface area (Å²) in [6, 6.07) is 0. The summed E-state index contributed by atoms with van der Waals surface area (Å²) in [7, 11) is 1.98. The number of rotatable bonds is 2. The Hall–Kier alpha value is -0.610. The third-order valence-corrected chi connectivity index (χ3v) is 1.96. The van der Waals surface area contributed by atoms with E-state index in [4.69, 9.17) is 9.47 Å². The molecule has 0 radical (unpaired) electrons. The molecule has 0 aromatic heterocycles. The zero-order valence-electron chi connectivity index (χ0n) is 8.45. The standard InChI is InChI=1S/C9H17NO3/c1-7(2)9(11)13-8-6-10(3)4-5-12-8/h7-8H,4-6H2,1-3H3. The van der Waals surface area contributed by atoms with Crippen LogP contribution in [0.3, 0.4) is 0 Å². The van der Waals surface area contributed by atoms with Crippen molar-refractivity contribution in [2.75, 3.05) is 26.7 Å². The van der Waals surface area contributed by atoms with Gasteiger partial charge in [0, 0.05) is 6.54 Å². The highest BCUT2D eigenvalue weighted by atomic mass is 16.7. The smallest absolute Gasteiger partial charge is 0.310 e. The van der Waals surface area contributed by atoms with Crippen molar-refractivity contribution in [2.45, 2.75) is 20.1 Å². The number of nitrogens with zero attached hydrogens (tertiary/aromatic N) is 1. The molecule has 1 aliphatic heterocycles. The molecule has 4 nitrogen and oxygen atoms in total. The fourth-order valence-electron chi connectivity index (χ4n) is 1.08. The van der Waals surface area contributed by atoms with Gasteiger partial charge in [-0.2, -0.15) is 0 Å². The maximum absolute atomic E-state index is 11.2. The van der Waals surface area contributed by atoms with Gasteiger partial charge in [-0.05, 0) is 7.05 Å². The average molecular weight is 187 g/mol. The Morgan fingerprint density at radius 3 is 2.85 bits per heavy atom. The van der Waals surface area contributed by atoms with E-state index < -0.39 is 0 Å². The van der Waals surface area contributed by atoms with Gasteiger partial charge >= 0.3 is 5.97 Å². The number of carbonyl (C=O) groups excluding carboxylic acids is 1. The molecule has 0 aliphatic carbocycles. The summed E-state index contributed by atoms with van der Waals surface area (Å²) in [6.45, 7) is 5.82. The third-order valence-electron chi connectivity index (χ3n) is 1.96. The molecule has 1 saturated heterocycles. The molecule has 1 fully saturated rings. The Kier molecular flexibility index (Phi) is 3.69. The van der Waals surface area contributed by atoms with E-state index >= 15 is 0 Å². The molecule has 76 valence electrons. The fraction of sp³-hybridized carbons (Fsp3) is 0.889. The molecule has 1 unspecified atom stereocenters. The highest BCUT2D eigenvalue weighted by Gasteiger charge is 2.22. The minimum atomic E-state index is -0.381. The number of morpholine rings is 1. The summed E-state index contributed by atoms with van der Waals surface area (Å²) in [5.74, 6) is -0.281. The van der Waals surface area contributed by atoms with Gasteiger partial charge in [0.1, 0.15) is 0 Å². The van der Waals surface area contributed by atoms with Crippen LogP contribution in [0, 0.1) is 5.92 Å². The lowest BCUT2D eigenvalue weighted by atomic mass is 10.2. The highest BCUT2D eigenvalue weighted by molar-refractivity contribution is 5.71. The lowest BCUT2D eigenvalue weighted by molar-refractivity contribution is -0.195. The van der Waals surface area contributed by atoms with Crippen molar-refractivity contribution in [3.8, 4) is 0 Å². The maximum Gasteiger partial charge on any atom is 0.310 e. The van der Waals surface area contributed by atoms with Crippen molar-refractivity contribution >= 4 is 5.97 Å². The molecule has 13 heavy (non-hydrogen) atoms. The Balaban J connectivity index is 2.31. The Bertz CT molecular complexity index is 182. The molecule has 1 aliphatic rings. The van der Waals surface area contributed by atoms with Crippen LogP contribution in [0.15, 0.2) is 0 Å². The summed E-state index contributed by atoms with van der Waals surface area (Å²) < 4.78 is 10.4. The van der Waals surface area contributed by atoms with Crippen LogP contribution in [0.1, 0.15) is 13.8 Å². The number of ether oxygens (including phenoxy) is 2. The van der Waals surface area contributed by atoms with E-state index in [0.29, 0.717) is 13.2 Å². The van der Waals surface area contributed by atoms with Crippen molar-refractivity contribution in [2.24, 2.45) is 5.92 Å². The molecule has 0 aromatic carbocycles. The maximum atomic E-state index is 11.2. The highest BCUT2D eigenvalue weighted by Crippen LogP contribution is 2.07. The van der Waals surface area contributed by atoms with E-state index in [1.54, 1.807) is 0 Å². The van der Waals surface area contributed by atoms with E-state index in [2.05, 4.69) is 4.90 Å². The zero-order valence-corrected chi connectivity index (χ0v) is 8.45. The van der Waals surface area contributed by atoms with Crippen LogP contribution < -0.4 is 0 Å². The fourth-order valence-corrected chi connectivity index (χ4v) is 1.08. The van der Waals surface area contributed by atoms with Gasteiger partial charge in [0.2, 0.25) is 6.29 Å². The van der Waals surface area contributed by atoms with Crippen LogP contribution >= 0.6 is 0 Å². The molecule has 0 bridgehead atoms. The van der Waals surface area contributed by atoms with Gasteiger partial charge in [-0.15, -0.1) is 0 Å². The minimum Gasteiger partial charge on any atom is -0.434 e. The van der Waals surface area contributed by atoms with Crippen LogP contribution in [-0.2, 0) is 14.3 Å². The minimum absolute atomic E-state index is 0.0872. The quantitative estimate of drug-likeness (QED) is 0.589. The molecule has 0 aromatic rings. The first-order valence-corrected chi connectivity index (χ1v) is 4.60. The van der Waals surface area contributed by atoms with Gasteiger partial charge in [0.05, 0.1) is 19.1 Å². The van der Waals surface area contributed by atoms with Crippen molar-refractivity contribution in [3.05, 3.63) is 0 Å². The Labute approximate surface area is 78.8 Å². The second-order valence-corrected chi connectivity index (χ2v) is 3.65. The summed E-state index contributed by atoms with van der Waals surface area (Å²) in [5.41, 5.74) is 0. The van der Waals surface area contributed by atoms with Crippen LogP contribution in [0.5, 0.6) is 0 Å².